The molecule has 134 valence electrons. The minimum Gasteiger partial charge on any atom is -0.279 e. The topological polar surface area (TPSA) is 74.8 Å². The molecule has 3 saturated heterocycles. The fourth-order valence-corrected chi connectivity index (χ4v) is 7.34. The van der Waals surface area contributed by atoms with Crippen LogP contribution < -0.4 is 0 Å². The lowest BCUT2D eigenvalue weighted by Crippen LogP contribution is -2.53. The third kappa shape index (κ3) is 2.74. The van der Waals surface area contributed by atoms with Crippen LogP contribution >= 0.6 is 15.9 Å². The Hall–Kier alpha value is -1.25. The van der Waals surface area contributed by atoms with Gasteiger partial charge in [0.25, 0.3) is 0 Å². The zero-order valence-electron chi connectivity index (χ0n) is 13.6. The van der Waals surface area contributed by atoms with Crippen molar-refractivity contribution < 1.29 is 18.0 Å². The predicted molar refractivity (Wildman–Crippen MR) is 94.1 cm³/mol. The summed E-state index contributed by atoms with van der Waals surface area (Å²) in [4.78, 5) is 25.7. The van der Waals surface area contributed by atoms with E-state index in [1.165, 1.54) is 4.90 Å². The van der Waals surface area contributed by atoms with E-state index < -0.39 is 10.0 Å². The number of likely N-dealkylation sites (tertiary alicyclic amines) is 1. The number of carbonyl (C=O) groups is 2. The van der Waals surface area contributed by atoms with Crippen LogP contribution in [0, 0.1) is 0 Å². The maximum absolute atomic E-state index is 13.2. The summed E-state index contributed by atoms with van der Waals surface area (Å²) in [6.07, 6.45) is 3.20. The number of hydrogen-bond donors (Lipinski definition) is 0. The van der Waals surface area contributed by atoms with E-state index >= 15 is 0 Å². The van der Waals surface area contributed by atoms with Gasteiger partial charge in [0.15, 0.2) is 0 Å². The summed E-state index contributed by atoms with van der Waals surface area (Å²) in [6.45, 7) is 0. The molecule has 0 saturated carbocycles. The van der Waals surface area contributed by atoms with E-state index in [4.69, 9.17) is 0 Å². The Morgan fingerprint density at radius 3 is 2.04 bits per heavy atom. The van der Waals surface area contributed by atoms with Gasteiger partial charge in [-0.15, -0.1) is 0 Å². The van der Waals surface area contributed by atoms with Gasteiger partial charge in [-0.3, -0.25) is 14.5 Å². The van der Waals surface area contributed by atoms with E-state index in [0.29, 0.717) is 17.3 Å². The Kier molecular flexibility index (Phi) is 4.24. The van der Waals surface area contributed by atoms with Gasteiger partial charge in [-0.05, 0) is 53.7 Å². The lowest BCUT2D eigenvalue weighted by atomic mass is 9.98. The van der Waals surface area contributed by atoms with E-state index in [9.17, 15) is 18.0 Å². The number of sulfonamides is 1. The molecule has 2 bridgehead atoms. The number of amides is 2. The molecule has 3 fully saturated rings. The van der Waals surface area contributed by atoms with Crippen LogP contribution in [-0.4, -0.2) is 47.6 Å². The molecule has 4 rings (SSSR count). The second-order valence-electron chi connectivity index (χ2n) is 6.93. The van der Waals surface area contributed by atoms with E-state index in [0.717, 1.165) is 12.8 Å². The Morgan fingerprint density at radius 1 is 0.920 bits per heavy atom. The predicted octanol–water partition coefficient (Wildman–Crippen LogP) is 2.28. The van der Waals surface area contributed by atoms with Crippen molar-refractivity contribution in [3.8, 4) is 0 Å². The van der Waals surface area contributed by atoms with Crippen molar-refractivity contribution in [2.75, 3.05) is 0 Å². The van der Waals surface area contributed by atoms with Gasteiger partial charge in [0.05, 0.1) is 4.90 Å². The molecule has 0 aromatic heterocycles. The summed E-state index contributed by atoms with van der Waals surface area (Å²) in [5, 5.41) is 0. The van der Waals surface area contributed by atoms with E-state index in [1.54, 1.807) is 28.6 Å². The molecule has 3 aliphatic rings. The van der Waals surface area contributed by atoms with Crippen LogP contribution in [0.2, 0.25) is 0 Å². The highest BCUT2D eigenvalue weighted by molar-refractivity contribution is 9.10. The number of imide groups is 1. The molecule has 0 radical (unpaired) electrons. The quantitative estimate of drug-likeness (QED) is 0.694. The molecule has 0 spiro atoms. The summed E-state index contributed by atoms with van der Waals surface area (Å²) in [5.74, 6) is -0.229. The molecule has 2 amide bonds. The van der Waals surface area contributed by atoms with Crippen LogP contribution in [0.5, 0.6) is 0 Å². The number of fused-ring (bicyclic) bond motifs is 2. The number of hydrogen-bond acceptors (Lipinski definition) is 4. The molecule has 2 unspecified atom stereocenters. The maximum Gasteiger partial charge on any atom is 0.244 e. The lowest BCUT2D eigenvalue weighted by Gasteiger charge is -2.40. The average molecular weight is 427 g/mol. The Morgan fingerprint density at radius 2 is 1.48 bits per heavy atom. The highest BCUT2D eigenvalue weighted by atomic mass is 79.9. The SMILES string of the molecule is O=C1CCC(=O)N1C1CC2CCC(C1)N2S(=O)(=O)c1ccccc1Br. The standard InChI is InChI=1S/C17H19BrN2O4S/c18-14-3-1-2-4-15(14)25(23,24)20-11-5-6-12(20)10-13(9-11)19-16(21)7-8-17(19)22/h1-4,11-13H,5-10H2. The highest BCUT2D eigenvalue weighted by Crippen LogP contribution is 2.42. The Labute approximate surface area is 155 Å². The summed E-state index contributed by atoms with van der Waals surface area (Å²) >= 11 is 3.34. The molecular weight excluding hydrogens is 408 g/mol. The van der Waals surface area contributed by atoms with Crippen molar-refractivity contribution in [1.82, 2.24) is 9.21 Å². The van der Waals surface area contributed by atoms with Crippen molar-refractivity contribution in [3.63, 3.8) is 0 Å². The molecule has 2 atom stereocenters. The highest BCUT2D eigenvalue weighted by Gasteiger charge is 2.50. The first-order valence-electron chi connectivity index (χ1n) is 8.52. The molecule has 6 nitrogen and oxygen atoms in total. The second kappa shape index (κ2) is 6.17. The van der Waals surface area contributed by atoms with Crippen molar-refractivity contribution in [1.29, 1.82) is 0 Å². The van der Waals surface area contributed by atoms with Crippen LogP contribution in [0.4, 0.5) is 0 Å². The van der Waals surface area contributed by atoms with Crippen LogP contribution in [0.3, 0.4) is 0 Å². The summed E-state index contributed by atoms with van der Waals surface area (Å²) in [5.41, 5.74) is 0. The fraction of sp³-hybridized carbons (Fsp3) is 0.529. The maximum atomic E-state index is 13.2. The van der Waals surface area contributed by atoms with Crippen molar-refractivity contribution in [2.45, 2.75) is 61.5 Å². The first kappa shape index (κ1) is 17.2. The molecule has 3 aliphatic heterocycles. The first-order chi connectivity index (χ1) is 11.9. The third-order valence-electron chi connectivity index (χ3n) is 5.49. The summed E-state index contributed by atoms with van der Waals surface area (Å²) in [6, 6.07) is 6.37. The molecule has 0 aliphatic carbocycles. The molecule has 25 heavy (non-hydrogen) atoms. The van der Waals surface area contributed by atoms with Gasteiger partial charge in [0, 0.05) is 35.4 Å². The van der Waals surface area contributed by atoms with Crippen LogP contribution in [0.15, 0.2) is 33.6 Å². The molecule has 3 heterocycles. The first-order valence-corrected chi connectivity index (χ1v) is 10.8. The lowest BCUT2D eigenvalue weighted by molar-refractivity contribution is -0.142. The minimum absolute atomic E-state index is 0.114. The van der Waals surface area contributed by atoms with E-state index in [-0.39, 0.29) is 47.7 Å². The number of nitrogens with zero attached hydrogens (tertiary/aromatic N) is 2. The molecule has 8 heteroatoms. The zero-order valence-corrected chi connectivity index (χ0v) is 16.0. The molecule has 0 N–H and O–H groups in total. The molecule has 1 aromatic rings. The van der Waals surface area contributed by atoms with Gasteiger partial charge in [0.2, 0.25) is 21.8 Å². The Bertz CT molecular complexity index is 811. The second-order valence-corrected chi connectivity index (χ2v) is 9.60. The number of halogens is 1. The van der Waals surface area contributed by atoms with Gasteiger partial charge >= 0.3 is 0 Å². The van der Waals surface area contributed by atoms with Crippen LogP contribution in [-0.2, 0) is 19.6 Å². The summed E-state index contributed by atoms with van der Waals surface area (Å²) < 4.78 is 28.5. The Balaban J connectivity index is 1.62. The molecular formula is C17H19BrN2O4S. The van der Waals surface area contributed by atoms with Gasteiger partial charge < -0.3 is 0 Å². The normalized spacial score (nSPS) is 30.3. The van der Waals surface area contributed by atoms with Gasteiger partial charge in [0.1, 0.15) is 0 Å². The van der Waals surface area contributed by atoms with Crippen molar-refractivity contribution in [2.24, 2.45) is 0 Å². The number of carbonyl (C=O) groups excluding carboxylic acids is 2. The van der Waals surface area contributed by atoms with Gasteiger partial charge in [-0.25, -0.2) is 8.42 Å². The number of benzene rings is 1. The monoisotopic (exact) mass is 426 g/mol. The van der Waals surface area contributed by atoms with E-state index in [2.05, 4.69) is 15.9 Å². The van der Waals surface area contributed by atoms with Crippen LogP contribution in [0.25, 0.3) is 0 Å². The summed E-state index contributed by atoms with van der Waals surface area (Å²) in [7, 11) is -3.60. The van der Waals surface area contributed by atoms with E-state index in [1.807, 2.05) is 0 Å². The van der Waals surface area contributed by atoms with Crippen LogP contribution in [0.1, 0.15) is 38.5 Å². The van der Waals surface area contributed by atoms with Gasteiger partial charge in [-0.2, -0.15) is 4.31 Å². The minimum atomic E-state index is -3.60. The average Bonchev–Trinajstić information content (AvgIpc) is 3.05. The molecule has 1 aromatic carbocycles. The largest absolute Gasteiger partial charge is 0.279 e. The van der Waals surface area contributed by atoms with Crippen molar-refractivity contribution >= 4 is 37.8 Å². The number of piperidine rings is 1. The smallest absolute Gasteiger partial charge is 0.244 e. The zero-order chi connectivity index (χ0) is 17.8. The number of rotatable bonds is 3. The van der Waals surface area contributed by atoms with Crippen molar-refractivity contribution in [3.05, 3.63) is 28.7 Å². The van der Waals surface area contributed by atoms with Gasteiger partial charge in [-0.1, -0.05) is 12.1 Å². The fourth-order valence-electron chi connectivity index (χ4n) is 4.48. The third-order valence-corrected chi connectivity index (χ3v) is 8.51.